The molecule has 124 valence electrons. The maximum Gasteiger partial charge on any atom is 0.264 e. The average Bonchev–Trinajstić information content (AvgIpc) is 3.04. The summed E-state index contributed by atoms with van der Waals surface area (Å²) in [4.78, 5) is 4.27. The predicted octanol–water partition coefficient (Wildman–Crippen LogP) is 4.62. The average molecular weight is 393 g/mol. The van der Waals surface area contributed by atoms with Gasteiger partial charge in [0, 0.05) is 4.47 Å². The van der Waals surface area contributed by atoms with Gasteiger partial charge in [0.1, 0.15) is 5.75 Å². The van der Waals surface area contributed by atoms with Crippen LogP contribution >= 0.6 is 15.9 Å². The largest absolute Gasteiger partial charge is 0.493 e. The quantitative estimate of drug-likeness (QED) is 0.612. The zero-order valence-corrected chi connectivity index (χ0v) is 14.4. The molecule has 1 heterocycles. The molecule has 0 saturated carbocycles. The Bertz CT molecular complexity index is 838. The van der Waals surface area contributed by atoms with Crippen molar-refractivity contribution >= 4 is 15.9 Å². The molecule has 0 saturated heterocycles. The van der Waals surface area contributed by atoms with E-state index in [9.17, 15) is 4.39 Å². The molecule has 0 aliphatic heterocycles. The van der Waals surface area contributed by atoms with Crippen LogP contribution in [-0.4, -0.2) is 16.7 Å². The highest BCUT2D eigenvalue weighted by atomic mass is 79.9. The maximum absolute atomic E-state index is 13.7. The number of benzene rings is 2. The monoisotopic (exact) mass is 392 g/mol. The van der Waals surface area contributed by atoms with Gasteiger partial charge in [-0.2, -0.15) is 4.98 Å². The number of ether oxygens (including phenoxy) is 2. The van der Waals surface area contributed by atoms with E-state index in [2.05, 4.69) is 26.1 Å². The van der Waals surface area contributed by atoms with E-state index >= 15 is 0 Å². The molecule has 0 radical (unpaired) electrons. The lowest BCUT2D eigenvalue weighted by atomic mass is 10.2. The number of para-hydroxylation sites is 1. The lowest BCUT2D eigenvalue weighted by molar-refractivity contribution is 0.234. The minimum Gasteiger partial charge on any atom is -0.493 e. The fourth-order valence-electron chi connectivity index (χ4n) is 2.09. The Balaban J connectivity index is 1.74. The second kappa shape index (κ2) is 7.44. The first-order valence-corrected chi connectivity index (χ1v) is 8.09. The van der Waals surface area contributed by atoms with Crippen molar-refractivity contribution in [3.63, 3.8) is 0 Å². The summed E-state index contributed by atoms with van der Waals surface area (Å²) in [5.74, 6) is 0.971. The molecule has 0 aliphatic rings. The highest BCUT2D eigenvalue weighted by Crippen LogP contribution is 2.28. The first-order chi connectivity index (χ1) is 11.7. The zero-order chi connectivity index (χ0) is 16.9. The van der Waals surface area contributed by atoms with E-state index in [1.54, 1.807) is 6.07 Å². The first-order valence-electron chi connectivity index (χ1n) is 7.30. The molecule has 24 heavy (non-hydrogen) atoms. The Kier molecular flexibility index (Phi) is 5.10. The van der Waals surface area contributed by atoms with Crippen molar-refractivity contribution < 1.29 is 18.4 Å². The summed E-state index contributed by atoms with van der Waals surface area (Å²) in [5.41, 5.74) is 0.726. The molecule has 0 N–H and O–H groups in total. The van der Waals surface area contributed by atoms with E-state index < -0.39 is 5.82 Å². The van der Waals surface area contributed by atoms with E-state index in [0.29, 0.717) is 22.7 Å². The van der Waals surface area contributed by atoms with Gasteiger partial charge < -0.3 is 14.0 Å². The molecule has 3 aromatic rings. The molecule has 7 heteroatoms. The van der Waals surface area contributed by atoms with Crippen LogP contribution in [0.1, 0.15) is 12.8 Å². The molecule has 1 aromatic heterocycles. The van der Waals surface area contributed by atoms with Crippen LogP contribution in [0, 0.1) is 5.82 Å². The van der Waals surface area contributed by atoms with Crippen molar-refractivity contribution in [2.24, 2.45) is 0 Å². The molecule has 2 aromatic carbocycles. The molecule has 0 fully saturated rings. The third-order valence-electron chi connectivity index (χ3n) is 3.14. The van der Waals surface area contributed by atoms with Gasteiger partial charge >= 0.3 is 0 Å². The smallest absolute Gasteiger partial charge is 0.264 e. The summed E-state index contributed by atoms with van der Waals surface area (Å²) in [5, 5.41) is 3.93. The number of nitrogens with zero attached hydrogens (tertiary/aromatic N) is 2. The second-order valence-electron chi connectivity index (χ2n) is 4.80. The lowest BCUT2D eigenvalue weighted by Gasteiger charge is -2.06. The van der Waals surface area contributed by atoms with Gasteiger partial charge in [0.05, 0.1) is 12.2 Å². The normalized spacial score (nSPS) is 10.6. The van der Waals surface area contributed by atoms with Crippen molar-refractivity contribution in [2.45, 2.75) is 13.5 Å². The number of halogens is 2. The number of hydrogen-bond donors (Lipinski definition) is 0. The van der Waals surface area contributed by atoms with E-state index in [1.165, 1.54) is 12.1 Å². The molecule has 3 rings (SSSR count). The van der Waals surface area contributed by atoms with Gasteiger partial charge in [0.2, 0.25) is 5.82 Å². The molecular formula is C17H14BrFN2O3. The van der Waals surface area contributed by atoms with Crippen LogP contribution in [0.3, 0.4) is 0 Å². The Hall–Kier alpha value is -2.41. The first kappa shape index (κ1) is 16.4. The molecular weight excluding hydrogens is 379 g/mol. The summed E-state index contributed by atoms with van der Waals surface area (Å²) >= 11 is 3.19. The fraction of sp³-hybridized carbons (Fsp3) is 0.176. The van der Waals surface area contributed by atoms with Gasteiger partial charge in [-0.25, -0.2) is 4.39 Å². The summed E-state index contributed by atoms with van der Waals surface area (Å²) in [6, 6.07) is 12.0. The van der Waals surface area contributed by atoms with Crippen LogP contribution in [0.5, 0.6) is 11.5 Å². The highest BCUT2D eigenvalue weighted by Gasteiger charge is 2.14. The van der Waals surface area contributed by atoms with Crippen LogP contribution in [-0.2, 0) is 6.61 Å². The molecule has 0 atom stereocenters. The van der Waals surface area contributed by atoms with Crippen molar-refractivity contribution in [3.05, 3.63) is 58.6 Å². The van der Waals surface area contributed by atoms with Crippen molar-refractivity contribution in [1.82, 2.24) is 10.1 Å². The molecule has 0 unspecified atom stereocenters. The van der Waals surface area contributed by atoms with Gasteiger partial charge in [-0.05, 0) is 37.3 Å². The van der Waals surface area contributed by atoms with Gasteiger partial charge in [0.25, 0.3) is 5.89 Å². The summed E-state index contributed by atoms with van der Waals surface area (Å²) in [7, 11) is 0. The Morgan fingerprint density at radius 1 is 1.12 bits per heavy atom. The third-order valence-corrected chi connectivity index (χ3v) is 3.63. The lowest BCUT2D eigenvalue weighted by Crippen LogP contribution is -1.98. The van der Waals surface area contributed by atoms with Gasteiger partial charge in [0.15, 0.2) is 18.2 Å². The number of aromatic nitrogens is 2. The van der Waals surface area contributed by atoms with Gasteiger partial charge in [-0.3, -0.25) is 0 Å². The topological polar surface area (TPSA) is 57.4 Å². The van der Waals surface area contributed by atoms with Crippen molar-refractivity contribution in [3.8, 4) is 22.9 Å². The molecule has 0 amide bonds. The van der Waals surface area contributed by atoms with Crippen LogP contribution in [0.25, 0.3) is 11.4 Å². The van der Waals surface area contributed by atoms with Crippen molar-refractivity contribution in [2.75, 3.05) is 6.61 Å². The minimum atomic E-state index is -0.467. The minimum absolute atomic E-state index is 0.0254. The fourth-order valence-corrected chi connectivity index (χ4v) is 2.42. The SMILES string of the molecule is CCOc1ccccc1-c1noc(COc2ccc(Br)cc2F)n1. The number of hydrogen-bond acceptors (Lipinski definition) is 5. The number of rotatable bonds is 6. The van der Waals surface area contributed by atoms with Gasteiger partial charge in [-0.15, -0.1) is 0 Å². The van der Waals surface area contributed by atoms with E-state index in [0.717, 1.165) is 5.56 Å². The molecule has 0 bridgehead atoms. The third kappa shape index (κ3) is 3.73. The molecule has 0 aliphatic carbocycles. The summed E-state index contributed by atoms with van der Waals surface area (Å²) in [6.07, 6.45) is 0. The zero-order valence-electron chi connectivity index (χ0n) is 12.8. The molecule has 5 nitrogen and oxygen atoms in total. The van der Waals surface area contributed by atoms with Crippen LogP contribution in [0.2, 0.25) is 0 Å². The van der Waals surface area contributed by atoms with Crippen LogP contribution in [0.4, 0.5) is 4.39 Å². The van der Waals surface area contributed by atoms with Crippen molar-refractivity contribution in [1.29, 1.82) is 0 Å². The van der Waals surface area contributed by atoms with E-state index in [4.69, 9.17) is 14.0 Å². The Labute approximate surface area is 146 Å². The maximum atomic E-state index is 13.7. The Morgan fingerprint density at radius 3 is 2.75 bits per heavy atom. The Morgan fingerprint density at radius 2 is 1.96 bits per heavy atom. The highest BCUT2D eigenvalue weighted by molar-refractivity contribution is 9.10. The van der Waals surface area contributed by atoms with Crippen LogP contribution < -0.4 is 9.47 Å². The predicted molar refractivity (Wildman–Crippen MR) is 89.3 cm³/mol. The molecule has 0 spiro atoms. The second-order valence-corrected chi connectivity index (χ2v) is 5.72. The van der Waals surface area contributed by atoms with Gasteiger partial charge in [-0.1, -0.05) is 33.2 Å². The van der Waals surface area contributed by atoms with Crippen LogP contribution in [0.15, 0.2) is 51.5 Å². The van der Waals surface area contributed by atoms with E-state index in [-0.39, 0.29) is 18.2 Å². The standard InChI is InChI=1S/C17H14BrFN2O3/c1-2-22-14-6-4-3-5-12(14)17-20-16(24-21-17)10-23-15-8-7-11(18)9-13(15)19/h3-9H,2,10H2,1H3. The van der Waals surface area contributed by atoms with E-state index in [1.807, 2.05) is 31.2 Å². The summed E-state index contributed by atoms with van der Waals surface area (Å²) in [6.45, 7) is 2.41. The summed E-state index contributed by atoms with van der Waals surface area (Å²) < 4.78 is 30.5.